The zero-order valence-electron chi connectivity index (χ0n) is 23.1. The summed E-state index contributed by atoms with van der Waals surface area (Å²) in [6.07, 6.45) is 0.801. The number of hydrogen-bond acceptors (Lipinski definition) is 7. The van der Waals surface area contributed by atoms with E-state index in [9.17, 15) is 19.2 Å². The molecule has 2 bridgehead atoms. The second-order valence-electron chi connectivity index (χ2n) is 11.7. The first-order valence-corrected chi connectivity index (χ1v) is 16.6. The molecule has 1 aromatic heterocycles. The van der Waals surface area contributed by atoms with Crippen LogP contribution >= 0.6 is 34.7 Å². The maximum Gasteiger partial charge on any atom is 0.305 e. The molecule has 7 atom stereocenters. The number of imide groups is 1. The average molecular weight is 644 g/mol. The van der Waals surface area contributed by atoms with Crippen molar-refractivity contribution in [1.82, 2.24) is 4.98 Å². The fourth-order valence-corrected chi connectivity index (χ4v) is 10.9. The molecule has 2 N–H and O–H groups in total. The number of amides is 3. The number of aromatic amines is 1. The van der Waals surface area contributed by atoms with Crippen LogP contribution in [0.4, 0.5) is 11.4 Å². The van der Waals surface area contributed by atoms with Crippen LogP contribution in [0.1, 0.15) is 22.8 Å². The molecule has 44 heavy (non-hydrogen) atoms. The van der Waals surface area contributed by atoms with Gasteiger partial charge in [0.05, 0.1) is 22.5 Å². The van der Waals surface area contributed by atoms with E-state index in [1.54, 1.807) is 36.0 Å². The standard InChI is InChI=1S/C33H26ClN3O5S2/c34-17-9-11-19(12-10-17)37-31(39)26-21-14-22(27(26)32(37)40)28-25(21)24(29-30(43-28)36-33(41)44-29)16-5-4-8-20(13-16)42-15-23(38)35-18-6-2-1-3-7-18/h1-13,21-22,24-28H,14-15H2,(H,35,38)(H,36,41)/t21-,22-,24+,25-,26+,27+,28-/m1/s1. The summed E-state index contributed by atoms with van der Waals surface area (Å²) in [6, 6.07) is 23.7. The molecular weight excluding hydrogens is 618 g/mol. The number of aromatic nitrogens is 1. The Morgan fingerprint density at radius 3 is 2.48 bits per heavy atom. The third-order valence-electron chi connectivity index (χ3n) is 9.45. The van der Waals surface area contributed by atoms with Crippen molar-refractivity contribution >= 4 is 63.8 Å². The lowest BCUT2D eigenvalue weighted by Gasteiger charge is -2.43. The molecule has 2 aliphatic heterocycles. The van der Waals surface area contributed by atoms with Crippen LogP contribution in [0, 0.1) is 29.6 Å². The van der Waals surface area contributed by atoms with Gasteiger partial charge in [-0.15, -0.1) is 11.8 Å². The second kappa shape index (κ2) is 10.6. The van der Waals surface area contributed by atoms with Crippen LogP contribution in [0.2, 0.25) is 5.02 Å². The third kappa shape index (κ3) is 4.42. The molecule has 3 aromatic carbocycles. The van der Waals surface area contributed by atoms with E-state index in [1.807, 2.05) is 54.6 Å². The number of halogens is 1. The van der Waals surface area contributed by atoms with Crippen molar-refractivity contribution in [3.8, 4) is 5.75 Å². The monoisotopic (exact) mass is 643 g/mol. The number of benzene rings is 3. The SMILES string of the molecule is O=C(COc1cccc([C@@H]2c3sc(=O)[nH]c3S[C@@H]3[C@@H]4C[C@@H]([C@@H]5C(=O)N(c6ccc(Cl)cc6)C(=O)[C@@H]45)[C@H]23)c1)Nc1ccccc1. The van der Waals surface area contributed by atoms with Crippen molar-refractivity contribution in [2.24, 2.45) is 29.6 Å². The van der Waals surface area contributed by atoms with Gasteiger partial charge < -0.3 is 15.0 Å². The maximum atomic E-state index is 13.9. The lowest BCUT2D eigenvalue weighted by molar-refractivity contribution is -0.123. The molecule has 222 valence electrons. The predicted molar refractivity (Wildman–Crippen MR) is 169 cm³/mol. The predicted octanol–water partition coefficient (Wildman–Crippen LogP) is 5.79. The Bertz CT molecular complexity index is 1860. The van der Waals surface area contributed by atoms with Gasteiger partial charge in [0.1, 0.15) is 5.75 Å². The zero-order valence-corrected chi connectivity index (χ0v) is 25.5. The Balaban J connectivity index is 1.10. The van der Waals surface area contributed by atoms with Gasteiger partial charge in [-0.1, -0.05) is 53.3 Å². The number of thiazole rings is 1. The molecule has 3 heterocycles. The number of carbonyl (C=O) groups excluding carboxylic acids is 3. The Hall–Kier alpha value is -3.86. The zero-order chi connectivity index (χ0) is 30.1. The van der Waals surface area contributed by atoms with Gasteiger partial charge in [-0.3, -0.25) is 24.1 Å². The van der Waals surface area contributed by atoms with Gasteiger partial charge in [-0.2, -0.15) is 0 Å². The van der Waals surface area contributed by atoms with E-state index in [2.05, 4.69) is 10.3 Å². The molecule has 8 nitrogen and oxygen atoms in total. The van der Waals surface area contributed by atoms with Crippen molar-refractivity contribution in [3.05, 3.63) is 104 Å². The second-order valence-corrected chi connectivity index (χ2v) is 14.4. The van der Waals surface area contributed by atoms with Crippen molar-refractivity contribution in [2.45, 2.75) is 22.6 Å². The number of rotatable bonds is 6. The van der Waals surface area contributed by atoms with Crippen molar-refractivity contribution in [1.29, 1.82) is 0 Å². The molecule has 8 rings (SSSR count). The molecule has 3 amide bonds. The minimum Gasteiger partial charge on any atom is -0.484 e. The van der Waals surface area contributed by atoms with Gasteiger partial charge in [0, 0.05) is 26.8 Å². The van der Waals surface area contributed by atoms with Gasteiger partial charge in [0.25, 0.3) is 5.91 Å². The quantitative estimate of drug-likeness (QED) is 0.258. The number of anilines is 2. The molecule has 0 spiro atoms. The van der Waals surface area contributed by atoms with Crippen molar-refractivity contribution in [3.63, 3.8) is 0 Å². The molecule has 1 saturated heterocycles. The highest BCUT2D eigenvalue weighted by molar-refractivity contribution is 8.00. The van der Waals surface area contributed by atoms with E-state index in [0.29, 0.717) is 22.1 Å². The number of para-hydroxylation sites is 1. The summed E-state index contributed by atoms with van der Waals surface area (Å²) in [6.45, 7) is -0.154. The first-order valence-electron chi connectivity index (χ1n) is 14.5. The molecular formula is C33H26ClN3O5S2. The van der Waals surface area contributed by atoms with Crippen molar-refractivity contribution in [2.75, 3.05) is 16.8 Å². The molecule has 0 radical (unpaired) electrons. The summed E-state index contributed by atoms with van der Waals surface area (Å²) < 4.78 is 5.91. The van der Waals surface area contributed by atoms with Gasteiger partial charge in [0.15, 0.2) is 6.61 Å². The van der Waals surface area contributed by atoms with Crippen LogP contribution in [0.5, 0.6) is 5.75 Å². The largest absolute Gasteiger partial charge is 0.484 e. The fraction of sp³-hybridized carbons (Fsp3) is 0.273. The van der Waals surface area contributed by atoms with E-state index >= 15 is 0 Å². The summed E-state index contributed by atoms with van der Waals surface area (Å²) in [5, 5.41) is 4.29. The van der Waals surface area contributed by atoms with Crippen LogP contribution in [0.15, 0.2) is 88.7 Å². The first kappa shape index (κ1) is 27.7. The number of H-pyrrole nitrogens is 1. The number of ether oxygens (including phenoxy) is 1. The molecule has 3 fully saturated rings. The minimum atomic E-state index is -0.397. The fourth-order valence-electron chi connectivity index (χ4n) is 7.90. The van der Waals surface area contributed by atoms with E-state index in [4.69, 9.17) is 16.3 Å². The third-order valence-corrected chi connectivity index (χ3v) is 12.3. The highest BCUT2D eigenvalue weighted by Crippen LogP contribution is 2.68. The number of thioether (sulfide) groups is 1. The molecule has 4 aliphatic rings. The summed E-state index contributed by atoms with van der Waals surface area (Å²) in [4.78, 5) is 58.1. The molecule has 4 aromatic rings. The van der Waals surface area contributed by atoms with Crippen LogP contribution in [0.25, 0.3) is 0 Å². The lowest BCUT2D eigenvalue weighted by Crippen LogP contribution is -2.42. The topological polar surface area (TPSA) is 109 Å². The van der Waals surface area contributed by atoms with Gasteiger partial charge in [-0.05, 0) is 78.3 Å². The summed E-state index contributed by atoms with van der Waals surface area (Å²) in [5.41, 5.74) is 2.21. The Morgan fingerprint density at radius 1 is 0.955 bits per heavy atom. The first-order chi connectivity index (χ1) is 21.4. The number of nitrogens with one attached hydrogen (secondary N) is 2. The van der Waals surface area contributed by atoms with Crippen LogP contribution in [-0.2, 0) is 14.4 Å². The highest BCUT2D eigenvalue weighted by atomic mass is 35.5. The van der Waals surface area contributed by atoms with E-state index in [-0.39, 0.29) is 64.0 Å². The van der Waals surface area contributed by atoms with Gasteiger partial charge >= 0.3 is 4.87 Å². The summed E-state index contributed by atoms with van der Waals surface area (Å²) >= 11 is 8.94. The summed E-state index contributed by atoms with van der Waals surface area (Å²) in [7, 11) is 0. The van der Waals surface area contributed by atoms with Crippen LogP contribution < -0.4 is 19.8 Å². The molecule has 2 aliphatic carbocycles. The number of carbonyl (C=O) groups is 3. The van der Waals surface area contributed by atoms with E-state index in [0.717, 1.165) is 21.9 Å². The van der Waals surface area contributed by atoms with Crippen LogP contribution in [-0.4, -0.2) is 34.6 Å². The number of fused-ring (bicyclic) bond motifs is 9. The van der Waals surface area contributed by atoms with Gasteiger partial charge in [-0.25, -0.2) is 0 Å². The normalized spacial score (nSPS) is 28.0. The minimum absolute atomic E-state index is 0.00664. The maximum absolute atomic E-state index is 13.9. The van der Waals surface area contributed by atoms with Crippen LogP contribution in [0.3, 0.4) is 0 Å². The Labute approximate surface area is 265 Å². The summed E-state index contributed by atoms with van der Waals surface area (Å²) in [5.74, 6) is -0.850. The lowest BCUT2D eigenvalue weighted by atomic mass is 9.68. The Morgan fingerprint density at radius 2 is 1.70 bits per heavy atom. The smallest absolute Gasteiger partial charge is 0.305 e. The highest BCUT2D eigenvalue weighted by Gasteiger charge is 2.69. The van der Waals surface area contributed by atoms with E-state index < -0.39 is 5.92 Å². The Kier molecular flexibility index (Phi) is 6.69. The molecule has 2 saturated carbocycles. The average Bonchev–Trinajstić information content (AvgIpc) is 3.76. The number of hydrogen-bond donors (Lipinski definition) is 2. The number of nitrogens with zero attached hydrogens (tertiary/aromatic N) is 1. The van der Waals surface area contributed by atoms with E-state index in [1.165, 1.54) is 16.2 Å². The molecule has 11 heteroatoms. The van der Waals surface area contributed by atoms with Gasteiger partial charge in [0.2, 0.25) is 11.8 Å². The molecule has 0 unspecified atom stereocenters. The van der Waals surface area contributed by atoms with Crippen molar-refractivity contribution < 1.29 is 19.1 Å².